The fraction of sp³-hybridized carbons (Fsp3) is 0.630. The number of alkyl halides is 6. The van der Waals surface area contributed by atoms with Gasteiger partial charge in [-0.3, -0.25) is 0 Å². The summed E-state index contributed by atoms with van der Waals surface area (Å²) in [5.74, 6) is 0.305. The number of likely N-dealkylation sites (tertiary alicyclic amines) is 1. The van der Waals surface area contributed by atoms with Gasteiger partial charge < -0.3 is 9.64 Å². The monoisotopic (exact) mass is 539 g/mol. The average molecular weight is 540 g/mol. The van der Waals surface area contributed by atoms with Crippen molar-refractivity contribution in [1.29, 1.82) is 0 Å². The summed E-state index contributed by atoms with van der Waals surface area (Å²) >= 11 is 1.75. The van der Waals surface area contributed by atoms with E-state index < -0.39 is 29.4 Å². The van der Waals surface area contributed by atoms with Gasteiger partial charge >= 0.3 is 12.4 Å². The van der Waals surface area contributed by atoms with Crippen molar-refractivity contribution in [2.45, 2.75) is 76.7 Å². The van der Waals surface area contributed by atoms with Crippen molar-refractivity contribution in [3.63, 3.8) is 0 Å². The summed E-state index contributed by atoms with van der Waals surface area (Å²) in [5, 5.41) is 0. The van der Waals surface area contributed by atoms with Crippen molar-refractivity contribution < 1.29 is 31.1 Å². The Labute approximate surface area is 216 Å². The van der Waals surface area contributed by atoms with Crippen LogP contribution in [0.5, 0.6) is 0 Å². The number of thioether (sulfide) groups is 1. The summed E-state index contributed by atoms with van der Waals surface area (Å²) in [4.78, 5) is 3.36. The van der Waals surface area contributed by atoms with Crippen LogP contribution in [0.4, 0.5) is 26.3 Å². The van der Waals surface area contributed by atoms with E-state index in [4.69, 9.17) is 4.74 Å². The van der Waals surface area contributed by atoms with E-state index in [0.29, 0.717) is 19.9 Å². The first-order chi connectivity index (χ1) is 16.7. The maximum Gasteiger partial charge on any atom is 0.416 e. The number of rotatable bonds is 9. The zero-order chi connectivity index (χ0) is 27.6. The molecule has 1 heterocycles. The molecular weight excluding hydrogens is 500 g/mol. The normalized spacial score (nSPS) is 18.4. The highest BCUT2D eigenvalue weighted by Crippen LogP contribution is 2.35. The van der Waals surface area contributed by atoms with Crippen molar-refractivity contribution >= 4 is 11.8 Å². The molecule has 0 aliphatic carbocycles. The van der Waals surface area contributed by atoms with Gasteiger partial charge in [0.25, 0.3) is 0 Å². The van der Waals surface area contributed by atoms with E-state index in [2.05, 4.69) is 29.2 Å². The molecule has 1 aromatic rings. The summed E-state index contributed by atoms with van der Waals surface area (Å²) in [7, 11) is 1.72. The van der Waals surface area contributed by atoms with Gasteiger partial charge in [-0.2, -0.15) is 26.3 Å². The van der Waals surface area contributed by atoms with Crippen LogP contribution in [0.3, 0.4) is 0 Å². The van der Waals surface area contributed by atoms with Crippen molar-refractivity contribution in [1.82, 2.24) is 4.90 Å². The lowest BCUT2D eigenvalue weighted by Gasteiger charge is -2.41. The first kappa shape index (κ1) is 32.6. The van der Waals surface area contributed by atoms with Gasteiger partial charge in [-0.1, -0.05) is 44.5 Å². The molecular formula is C27H39F6NOS. The second-order valence-corrected chi connectivity index (χ2v) is 10.1. The second-order valence-electron chi connectivity index (χ2n) is 9.04. The van der Waals surface area contributed by atoms with Crippen LogP contribution in [0, 0.1) is 12.8 Å². The number of piperidine rings is 1. The molecule has 0 aromatic heterocycles. The molecule has 0 saturated carbocycles. The Morgan fingerprint density at radius 1 is 1.06 bits per heavy atom. The third-order valence-electron chi connectivity index (χ3n) is 6.23. The van der Waals surface area contributed by atoms with Gasteiger partial charge in [0.2, 0.25) is 0 Å². The number of ether oxygens (including phenoxy) is 1. The van der Waals surface area contributed by atoms with E-state index in [1.54, 1.807) is 25.8 Å². The molecule has 0 amide bonds. The lowest BCUT2D eigenvalue weighted by Crippen LogP contribution is -2.47. The molecule has 1 fully saturated rings. The molecule has 1 unspecified atom stereocenters. The number of allylic oxidation sites excluding steroid dienone is 4. The van der Waals surface area contributed by atoms with E-state index in [9.17, 15) is 26.3 Å². The van der Waals surface area contributed by atoms with Crippen molar-refractivity contribution in [3.05, 3.63) is 53.1 Å². The fourth-order valence-electron chi connectivity index (χ4n) is 3.76. The number of methoxy groups -OCH3 is 1. The molecule has 9 heteroatoms. The Kier molecular flexibility index (Phi) is 13.1. The minimum absolute atomic E-state index is 0.191. The second kappa shape index (κ2) is 14.5. The minimum atomic E-state index is -4.83. The van der Waals surface area contributed by atoms with Gasteiger partial charge in [-0.15, -0.1) is 11.8 Å². The number of hydrogen-bond donors (Lipinski definition) is 0. The first-order valence-corrected chi connectivity index (χ1v) is 13.2. The van der Waals surface area contributed by atoms with Crippen LogP contribution >= 0.6 is 11.8 Å². The van der Waals surface area contributed by atoms with Gasteiger partial charge in [0.05, 0.1) is 11.2 Å². The molecule has 36 heavy (non-hydrogen) atoms. The van der Waals surface area contributed by atoms with E-state index >= 15 is 0 Å². The van der Waals surface area contributed by atoms with Crippen LogP contribution in [-0.4, -0.2) is 55.4 Å². The highest BCUT2D eigenvalue weighted by atomic mass is 32.2. The molecule has 1 aliphatic heterocycles. The van der Waals surface area contributed by atoms with Crippen LogP contribution in [0.25, 0.3) is 0 Å². The molecule has 1 atom stereocenters. The molecule has 0 N–H and O–H groups in total. The molecule has 1 aliphatic rings. The van der Waals surface area contributed by atoms with Gasteiger partial charge in [0.15, 0.2) is 0 Å². The number of aryl methyl sites for hydroxylation is 1. The molecule has 0 spiro atoms. The maximum absolute atomic E-state index is 13.3. The van der Waals surface area contributed by atoms with Crippen molar-refractivity contribution in [2.75, 3.05) is 32.5 Å². The maximum atomic E-state index is 13.3. The lowest BCUT2D eigenvalue weighted by molar-refractivity contribution is -0.0956. The van der Waals surface area contributed by atoms with Crippen LogP contribution in [0.2, 0.25) is 0 Å². The highest BCUT2D eigenvalue weighted by molar-refractivity contribution is 7.99. The third kappa shape index (κ3) is 10.9. The average Bonchev–Trinajstić information content (AvgIpc) is 2.82. The van der Waals surface area contributed by atoms with Crippen LogP contribution in [-0.2, 0) is 4.74 Å². The third-order valence-corrected chi connectivity index (χ3v) is 7.51. The fourth-order valence-corrected chi connectivity index (χ4v) is 4.92. The van der Waals surface area contributed by atoms with Crippen LogP contribution < -0.4 is 0 Å². The molecule has 1 saturated heterocycles. The molecule has 2 nitrogen and oxygen atoms in total. The number of hydrogen-bond acceptors (Lipinski definition) is 3. The lowest BCUT2D eigenvalue weighted by atomic mass is 9.92. The number of nitrogens with zero attached hydrogens (tertiary/aromatic N) is 1. The predicted molar refractivity (Wildman–Crippen MR) is 136 cm³/mol. The van der Waals surface area contributed by atoms with E-state index in [1.165, 1.54) is 10.5 Å². The smallest absolute Gasteiger partial charge is 0.377 e. The summed E-state index contributed by atoms with van der Waals surface area (Å²) in [6.07, 6.45) is -6.47. The van der Waals surface area contributed by atoms with Crippen LogP contribution in [0.1, 0.15) is 52.5 Å². The number of benzene rings is 1. The Balaban J connectivity index is 0.00000316. The summed E-state index contributed by atoms with van der Waals surface area (Å²) in [6.45, 7) is 10.4. The Bertz CT molecular complexity index is 837. The van der Waals surface area contributed by atoms with E-state index in [0.717, 1.165) is 37.8 Å². The van der Waals surface area contributed by atoms with Crippen molar-refractivity contribution in [2.24, 2.45) is 5.92 Å². The van der Waals surface area contributed by atoms with Crippen LogP contribution in [0.15, 0.2) is 52.5 Å². The predicted octanol–water partition coefficient (Wildman–Crippen LogP) is 8.62. The first-order valence-electron chi connectivity index (χ1n) is 12.3. The van der Waals surface area contributed by atoms with Crippen molar-refractivity contribution in [3.8, 4) is 0 Å². The quantitative estimate of drug-likeness (QED) is 0.177. The van der Waals surface area contributed by atoms with Gasteiger partial charge in [-0.05, 0) is 63.8 Å². The Hall–Kier alpha value is -1.45. The zero-order valence-electron chi connectivity index (χ0n) is 22.0. The minimum Gasteiger partial charge on any atom is -0.377 e. The Morgan fingerprint density at radius 3 is 2.08 bits per heavy atom. The Morgan fingerprint density at radius 2 is 1.61 bits per heavy atom. The summed E-state index contributed by atoms with van der Waals surface area (Å²) in [5.41, 5.74) is -1.56. The largest absolute Gasteiger partial charge is 0.416 e. The molecule has 1 aromatic carbocycles. The van der Waals surface area contributed by atoms with E-state index in [1.807, 2.05) is 20.8 Å². The molecule has 2 rings (SSSR count). The summed E-state index contributed by atoms with van der Waals surface area (Å²) < 4.78 is 83.8. The van der Waals surface area contributed by atoms with Gasteiger partial charge in [-0.25, -0.2) is 0 Å². The van der Waals surface area contributed by atoms with Gasteiger partial charge in [0, 0.05) is 36.4 Å². The molecule has 206 valence electrons. The SMILES string of the molecule is CC.COC1(CSc2ccc(C)cc2)CCN(CCC(C)/C=C(\C=C(/C)C(F)(F)F)C(F)(F)F)CC1. The number of halogens is 6. The molecule has 0 bridgehead atoms. The standard InChI is InChI=1S/C25H33F6NOS.C2H6/c1-18-5-7-22(8-6-18)34-17-23(33-4)10-13-32(14-11-23)12-9-19(2)15-21(25(29,30)31)16-20(3)24(26,27)28;1-2/h5-8,15-16,19H,9-14,17H2,1-4H3;1-2H3/b20-16+,21-15+;. The highest BCUT2D eigenvalue weighted by Gasteiger charge is 2.37. The van der Waals surface area contributed by atoms with Gasteiger partial charge in [0.1, 0.15) is 0 Å². The molecule has 0 radical (unpaired) electrons. The topological polar surface area (TPSA) is 12.5 Å². The summed E-state index contributed by atoms with van der Waals surface area (Å²) in [6, 6.07) is 8.33. The zero-order valence-corrected chi connectivity index (χ0v) is 22.8. The van der Waals surface area contributed by atoms with E-state index in [-0.39, 0.29) is 11.7 Å².